The summed E-state index contributed by atoms with van der Waals surface area (Å²) >= 11 is 3.73. The molecule has 0 bridgehead atoms. The zero-order valence-electron chi connectivity index (χ0n) is 27.1. The van der Waals surface area contributed by atoms with Gasteiger partial charge < -0.3 is 0 Å². The average molecular weight is 684 g/mol. The summed E-state index contributed by atoms with van der Waals surface area (Å²) in [5.41, 5.74) is 5.23. The van der Waals surface area contributed by atoms with Gasteiger partial charge in [-0.3, -0.25) is 4.57 Å². The van der Waals surface area contributed by atoms with Crippen LogP contribution in [0, 0.1) is 0 Å². The lowest BCUT2D eigenvalue weighted by Gasteiger charge is -2.14. The molecule has 3 nitrogen and oxygen atoms in total. The van der Waals surface area contributed by atoms with E-state index in [0.29, 0.717) is 5.95 Å². The second-order valence-electron chi connectivity index (χ2n) is 13.3. The highest BCUT2D eigenvalue weighted by Gasteiger charge is 2.23. The zero-order valence-corrected chi connectivity index (χ0v) is 28.7. The van der Waals surface area contributed by atoms with Crippen molar-refractivity contribution in [3.8, 4) is 17.2 Å². The monoisotopic (exact) mass is 683 g/mol. The molecule has 0 aliphatic heterocycles. The number of para-hydroxylation sites is 1. The van der Waals surface area contributed by atoms with Crippen LogP contribution in [-0.4, -0.2) is 14.5 Å². The van der Waals surface area contributed by atoms with Gasteiger partial charge in [-0.2, -0.15) is 0 Å². The summed E-state index contributed by atoms with van der Waals surface area (Å²) in [4.78, 5) is 10.9. The van der Waals surface area contributed by atoms with Crippen molar-refractivity contribution in [1.29, 1.82) is 0 Å². The first-order valence-electron chi connectivity index (χ1n) is 17.2. The highest BCUT2D eigenvalue weighted by atomic mass is 32.1. The molecule has 12 aromatic rings. The van der Waals surface area contributed by atoms with Crippen molar-refractivity contribution < 1.29 is 0 Å². The molecule has 0 fully saturated rings. The highest BCUT2D eigenvalue weighted by Crippen LogP contribution is 2.47. The van der Waals surface area contributed by atoms with E-state index >= 15 is 0 Å². The van der Waals surface area contributed by atoms with Crippen LogP contribution in [0.5, 0.6) is 0 Å². The molecular weight excluding hydrogens is 659 g/mol. The number of hydrogen-bond acceptors (Lipinski definition) is 4. The number of thiophene rings is 2. The smallest absolute Gasteiger partial charge is 0.235 e. The number of hydrogen-bond donors (Lipinski definition) is 0. The van der Waals surface area contributed by atoms with Crippen molar-refractivity contribution in [2.45, 2.75) is 0 Å². The van der Waals surface area contributed by atoms with Gasteiger partial charge in [0.05, 0.1) is 22.2 Å². The summed E-state index contributed by atoms with van der Waals surface area (Å²) in [7, 11) is 0. The molecule has 12 rings (SSSR count). The summed E-state index contributed by atoms with van der Waals surface area (Å²) in [5, 5.41) is 13.7. The van der Waals surface area contributed by atoms with E-state index in [9.17, 15) is 0 Å². The minimum absolute atomic E-state index is 0.681. The molecule has 0 unspecified atom stereocenters. The Bertz CT molecular complexity index is 3440. The third-order valence-corrected chi connectivity index (χ3v) is 12.9. The van der Waals surface area contributed by atoms with Gasteiger partial charge in [-0.15, -0.1) is 22.7 Å². The number of aromatic nitrogens is 3. The van der Waals surface area contributed by atoms with Gasteiger partial charge in [-0.25, -0.2) is 9.97 Å². The van der Waals surface area contributed by atoms with Crippen LogP contribution in [0.4, 0.5) is 0 Å². The van der Waals surface area contributed by atoms with Crippen LogP contribution in [0.1, 0.15) is 0 Å². The van der Waals surface area contributed by atoms with Gasteiger partial charge in [0, 0.05) is 62.1 Å². The molecule has 0 N–H and O–H groups in total. The second kappa shape index (κ2) is 10.2. The topological polar surface area (TPSA) is 30.7 Å². The summed E-state index contributed by atoms with van der Waals surface area (Å²) < 4.78 is 7.47. The van der Waals surface area contributed by atoms with E-state index in [4.69, 9.17) is 9.97 Å². The van der Waals surface area contributed by atoms with Gasteiger partial charge in [0.25, 0.3) is 0 Å². The first-order chi connectivity index (χ1) is 25.3. The normalized spacial score (nSPS) is 12.3. The van der Waals surface area contributed by atoms with Crippen LogP contribution in [0.3, 0.4) is 0 Å². The van der Waals surface area contributed by atoms with Gasteiger partial charge in [-0.1, -0.05) is 115 Å². The van der Waals surface area contributed by atoms with Crippen LogP contribution < -0.4 is 0 Å². The van der Waals surface area contributed by atoms with Crippen LogP contribution >= 0.6 is 22.7 Å². The lowest BCUT2D eigenvalue weighted by atomic mass is 9.96. The highest BCUT2D eigenvalue weighted by molar-refractivity contribution is 7.27. The molecule has 4 heterocycles. The molecule has 4 aromatic heterocycles. The summed E-state index contributed by atoms with van der Waals surface area (Å²) in [6.07, 6.45) is 0. The first kappa shape index (κ1) is 27.7. The standard InChI is InChI=1S/C46H25N3S2/c1-2-12-27-26(11-1)21-23-36-42(27)43-37(24-22-31-29-14-6-9-19-38(29)51-45(31)43)49(36)46-47-35-18-8-5-16-32(35)44(48-46)34-25-40-41(30-15-4-3-13-28(30)34)33-17-7-10-20-39(33)50-40/h1-25H. The zero-order chi connectivity index (χ0) is 33.2. The molecule has 0 saturated heterocycles. The van der Waals surface area contributed by atoms with Crippen LogP contribution in [-0.2, 0) is 0 Å². The fourth-order valence-electron chi connectivity index (χ4n) is 8.42. The molecule has 8 aromatic carbocycles. The Hall–Kier alpha value is -6.14. The van der Waals surface area contributed by atoms with Gasteiger partial charge in [0.2, 0.25) is 5.95 Å². The molecular formula is C46H25N3S2. The number of nitrogens with zero attached hydrogens (tertiary/aromatic N) is 3. The Morgan fingerprint density at radius 3 is 1.92 bits per heavy atom. The second-order valence-corrected chi connectivity index (χ2v) is 15.4. The first-order valence-corrected chi connectivity index (χ1v) is 18.8. The van der Waals surface area contributed by atoms with Crippen molar-refractivity contribution in [3.63, 3.8) is 0 Å². The van der Waals surface area contributed by atoms with Crippen molar-refractivity contribution in [3.05, 3.63) is 152 Å². The number of fused-ring (bicyclic) bond motifs is 15. The predicted molar refractivity (Wildman–Crippen MR) is 220 cm³/mol. The minimum Gasteiger partial charge on any atom is -0.278 e. The third kappa shape index (κ3) is 3.77. The van der Waals surface area contributed by atoms with E-state index in [-0.39, 0.29) is 0 Å². The average Bonchev–Trinajstić information content (AvgIpc) is 3.87. The van der Waals surface area contributed by atoms with Gasteiger partial charge >= 0.3 is 0 Å². The quantitative estimate of drug-likeness (QED) is 0.182. The van der Waals surface area contributed by atoms with Crippen molar-refractivity contribution in [2.75, 3.05) is 0 Å². The SMILES string of the molecule is c1ccc2c(c1)ccc1c2c2c3sc4ccccc4c3ccc2n1-c1nc(-c2cc3sc4ccccc4c3c3ccccc23)c2ccccc2n1. The van der Waals surface area contributed by atoms with Crippen molar-refractivity contribution in [2.24, 2.45) is 0 Å². The van der Waals surface area contributed by atoms with Crippen molar-refractivity contribution in [1.82, 2.24) is 14.5 Å². The fourth-order valence-corrected chi connectivity index (χ4v) is 10.8. The fraction of sp³-hybridized carbons (Fsp3) is 0. The Morgan fingerprint density at radius 1 is 0.412 bits per heavy atom. The van der Waals surface area contributed by atoms with Crippen LogP contribution in [0.2, 0.25) is 0 Å². The molecule has 0 radical (unpaired) electrons. The molecule has 0 saturated carbocycles. The van der Waals surface area contributed by atoms with E-state index < -0.39 is 0 Å². The Balaban J connectivity index is 1.24. The van der Waals surface area contributed by atoms with E-state index in [0.717, 1.165) is 33.2 Å². The summed E-state index contributed by atoms with van der Waals surface area (Å²) in [6.45, 7) is 0. The third-order valence-electron chi connectivity index (χ3n) is 10.6. The molecule has 51 heavy (non-hydrogen) atoms. The predicted octanol–water partition coefficient (Wildman–Crippen LogP) is 13.4. The van der Waals surface area contributed by atoms with Crippen molar-refractivity contribution >= 4 is 117 Å². The lowest BCUT2D eigenvalue weighted by Crippen LogP contribution is -2.03. The number of rotatable bonds is 2. The van der Waals surface area contributed by atoms with E-state index in [1.165, 1.54) is 72.7 Å². The summed E-state index contributed by atoms with van der Waals surface area (Å²) in [6, 6.07) is 54.9. The number of benzene rings is 8. The maximum Gasteiger partial charge on any atom is 0.235 e. The maximum atomic E-state index is 5.59. The molecule has 0 spiro atoms. The molecule has 0 atom stereocenters. The maximum absolute atomic E-state index is 5.59. The molecule has 236 valence electrons. The minimum atomic E-state index is 0.681. The van der Waals surface area contributed by atoms with Crippen LogP contribution in [0.25, 0.3) is 112 Å². The van der Waals surface area contributed by atoms with E-state index in [1.807, 2.05) is 22.7 Å². The van der Waals surface area contributed by atoms with E-state index in [1.54, 1.807) is 0 Å². The van der Waals surface area contributed by atoms with Gasteiger partial charge in [0.1, 0.15) is 0 Å². The molecule has 5 heteroatoms. The Morgan fingerprint density at radius 2 is 1.06 bits per heavy atom. The van der Waals surface area contributed by atoms with Gasteiger partial charge in [0.15, 0.2) is 0 Å². The molecule has 0 amide bonds. The van der Waals surface area contributed by atoms with E-state index in [2.05, 4.69) is 156 Å². The molecule has 0 aliphatic rings. The summed E-state index contributed by atoms with van der Waals surface area (Å²) in [5.74, 6) is 0.681. The molecule has 0 aliphatic carbocycles. The largest absolute Gasteiger partial charge is 0.278 e. The van der Waals surface area contributed by atoms with Gasteiger partial charge in [-0.05, 0) is 57.9 Å². The Kier molecular flexibility index (Phi) is 5.53. The lowest BCUT2D eigenvalue weighted by molar-refractivity contribution is 1.01. The van der Waals surface area contributed by atoms with Crippen LogP contribution in [0.15, 0.2) is 152 Å². The Labute approximate surface area is 299 Å².